The van der Waals surface area contributed by atoms with Crippen LogP contribution in [-0.2, 0) is 0 Å². The van der Waals surface area contributed by atoms with E-state index in [0.29, 0.717) is 33.8 Å². The van der Waals surface area contributed by atoms with E-state index in [1.54, 1.807) is 12.1 Å². The van der Waals surface area contributed by atoms with Crippen LogP contribution in [0.4, 0.5) is 10.2 Å². The van der Waals surface area contributed by atoms with Crippen molar-refractivity contribution >= 4 is 27.8 Å². The summed E-state index contributed by atoms with van der Waals surface area (Å²) < 4.78 is 21.9. The standard InChI is InChI=1S/C27H27FN6O/c1-4-7-17-11-19(9-8-16(17)6-3)34-27-24(26(29)30-15-31-27)25(33-34)22-12-18-13-23(35-10-5-2)20(28)14-21(18)32-22/h4-7,12-15,19,32H,2-3,8-11H2,1H3,(H2,29,30,31)/b7-4-. The van der Waals surface area contributed by atoms with Gasteiger partial charge in [-0.25, -0.2) is 19.0 Å². The van der Waals surface area contributed by atoms with Crippen LogP contribution in [0.2, 0.25) is 0 Å². The topological polar surface area (TPSA) is 94.6 Å². The summed E-state index contributed by atoms with van der Waals surface area (Å²) >= 11 is 0. The van der Waals surface area contributed by atoms with Gasteiger partial charge in [0.05, 0.1) is 17.1 Å². The van der Waals surface area contributed by atoms with E-state index in [2.05, 4.69) is 34.2 Å². The Hall–Kier alpha value is -4.20. The number of allylic oxidation sites excluding steroid dienone is 5. The van der Waals surface area contributed by atoms with Crippen molar-refractivity contribution in [3.05, 3.63) is 79.0 Å². The molecule has 5 rings (SSSR count). The molecule has 0 radical (unpaired) electrons. The first-order valence-electron chi connectivity index (χ1n) is 11.6. The highest BCUT2D eigenvalue weighted by atomic mass is 19.1. The second kappa shape index (κ2) is 9.21. The highest BCUT2D eigenvalue weighted by molar-refractivity contribution is 6.00. The predicted molar refractivity (Wildman–Crippen MR) is 138 cm³/mol. The fourth-order valence-electron chi connectivity index (χ4n) is 4.75. The van der Waals surface area contributed by atoms with Gasteiger partial charge in [-0.05, 0) is 49.5 Å². The van der Waals surface area contributed by atoms with Gasteiger partial charge in [-0.3, -0.25) is 0 Å². The number of halogens is 1. The van der Waals surface area contributed by atoms with Crippen molar-refractivity contribution in [2.24, 2.45) is 0 Å². The fraction of sp³-hybridized carbons (Fsp3) is 0.222. The molecule has 3 heterocycles. The summed E-state index contributed by atoms with van der Waals surface area (Å²) in [4.78, 5) is 12.0. The molecular weight excluding hydrogens is 443 g/mol. The van der Waals surface area contributed by atoms with Crippen molar-refractivity contribution in [2.45, 2.75) is 32.2 Å². The Morgan fingerprint density at radius 1 is 1.26 bits per heavy atom. The summed E-state index contributed by atoms with van der Waals surface area (Å²) in [5.41, 5.74) is 11.5. The minimum atomic E-state index is -0.450. The predicted octanol–water partition coefficient (Wildman–Crippen LogP) is 6.04. The highest BCUT2D eigenvalue weighted by Crippen LogP contribution is 2.39. The Labute approximate surface area is 202 Å². The normalized spacial score (nSPS) is 16.5. The molecule has 0 saturated carbocycles. The highest BCUT2D eigenvalue weighted by Gasteiger charge is 2.26. The van der Waals surface area contributed by atoms with E-state index in [-0.39, 0.29) is 18.4 Å². The van der Waals surface area contributed by atoms with Crippen molar-refractivity contribution < 1.29 is 9.13 Å². The van der Waals surface area contributed by atoms with Crippen LogP contribution in [0.3, 0.4) is 0 Å². The third kappa shape index (κ3) is 4.01. The quantitative estimate of drug-likeness (QED) is 0.321. The van der Waals surface area contributed by atoms with Gasteiger partial charge in [-0.2, -0.15) is 5.10 Å². The van der Waals surface area contributed by atoms with Crippen LogP contribution in [-0.4, -0.2) is 31.3 Å². The molecule has 8 heteroatoms. The average Bonchev–Trinajstić information content (AvgIpc) is 3.44. The van der Waals surface area contributed by atoms with Crippen molar-refractivity contribution in [1.29, 1.82) is 0 Å². The Kier molecular flexibility index (Phi) is 5.94. The van der Waals surface area contributed by atoms with Crippen LogP contribution in [0.25, 0.3) is 33.3 Å². The fourth-order valence-corrected chi connectivity index (χ4v) is 4.75. The molecule has 1 aromatic carbocycles. The lowest BCUT2D eigenvalue weighted by Gasteiger charge is -2.25. The molecule has 1 aliphatic rings. The zero-order valence-electron chi connectivity index (χ0n) is 19.6. The summed E-state index contributed by atoms with van der Waals surface area (Å²) in [6.45, 7) is 9.82. The second-order valence-corrected chi connectivity index (χ2v) is 8.55. The first-order valence-corrected chi connectivity index (χ1v) is 11.6. The molecule has 0 aliphatic heterocycles. The Balaban J connectivity index is 1.62. The van der Waals surface area contributed by atoms with Crippen molar-refractivity contribution in [3.8, 4) is 17.1 Å². The monoisotopic (exact) mass is 470 g/mol. The summed E-state index contributed by atoms with van der Waals surface area (Å²) in [7, 11) is 0. The molecule has 0 spiro atoms. The first-order chi connectivity index (χ1) is 17.0. The number of nitrogens with two attached hydrogens (primary N) is 1. The van der Waals surface area contributed by atoms with Gasteiger partial charge in [0.15, 0.2) is 17.2 Å². The second-order valence-electron chi connectivity index (χ2n) is 8.55. The van der Waals surface area contributed by atoms with Crippen LogP contribution in [0, 0.1) is 5.82 Å². The van der Waals surface area contributed by atoms with Gasteiger partial charge in [0, 0.05) is 17.0 Å². The van der Waals surface area contributed by atoms with Crippen LogP contribution in [0.15, 0.2) is 73.1 Å². The maximum atomic E-state index is 14.5. The molecule has 3 N–H and O–H groups in total. The number of anilines is 1. The van der Waals surface area contributed by atoms with E-state index < -0.39 is 5.82 Å². The molecule has 35 heavy (non-hydrogen) atoms. The largest absolute Gasteiger partial charge is 0.486 e. The lowest BCUT2D eigenvalue weighted by molar-refractivity contribution is 0.342. The number of fused-ring (bicyclic) bond motifs is 2. The Bertz CT molecular complexity index is 1510. The SMILES string of the molecule is C=CCOc1cc2cc(-c3nn(C4CCC(C=C)=C(/C=C\C)C4)c4ncnc(N)c34)[nH]c2cc1F. The summed E-state index contributed by atoms with van der Waals surface area (Å²) in [6.07, 6.45) is 11.8. The summed E-state index contributed by atoms with van der Waals surface area (Å²) in [5.74, 6) is 0.0714. The molecule has 0 saturated heterocycles. The number of ether oxygens (including phenoxy) is 1. The van der Waals surface area contributed by atoms with Crippen LogP contribution >= 0.6 is 0 Å². The molecular formula is C27H27FN6O. The molecule has 0 fully saturated rings. The zero-order chi connectivity index (χ0) is 24.5. The van der Waals surface area contributed by atoms with E-state index in [1.807, 2.05) is 29.8 Å². The number of nitrogen functional groups attached to an aromatic ring is 1. The van der Waals surface area contributed by atoms with Gasteiger partial charge in [0.1, 0.15) is 24.4 Å². The smallest absolute Gasteiger partial charge is 0.167 e. The maximum Gasteiger partial charge on any atom is 0.167 e. The number of hydrogen-bond donors (Lipinski definition) is 2. The van der Waals surface area contributed by atoms with Gasteiger partial charge in [0.25, 0.3) is 0 Å². The molecule has 1 unspecified atom stereocenters. The molecule has 4 aromatic rings. The molecule has 1 aliphatic carbocycles. The van der Waals surface area contributed by atoms with Crippen molar-refractivity contribution in [3.63, 3.8) is 0 Å². The van der Waals surface area contributed by atoms with Crippen molar-refractivity contribution in [2.75, 3.05) is 12.3 Å². The molecule has 178 valence electrons. The summed E-state index contributed by atoms with van der Waals surface area (Å²) in [6, 6.07) is 5.11. The van der Waals surface area contributed by atoms with E-state index >= 15 is 0 Å². The van der Waals surface area contributed by atoms with Crippen LogP contribution < -0.4 is 10.5 Å². The maximum absolute atomic E-state index is 14.5. The zero-order valence-corrected chi connectivity index (χ0v) is 19.6. The third-order valence-electron chi connectivity index (χ3n) is 6.38. The van der Waals surface area contributed by atoms with Crippen molar-refractivity contribution in [1.82, 2.24) is 24.7 Å². The number of aromatic nitrogens is 5. The van der Waals surface area contributed by atoms with Gasteiger partial charge in [0.2, 0.25) is 0 Å². The number of benzene rings is 1. The number of rotatable bonds is 7. The average molecular weight is 471 g/mol. The van der Waals surface area contributed by atoms with Gasteiger partial charge < -0.3 is 15.5 Å². The third-order valence-corrected chi connectivity index (χ3v) is 6.38. The number of hydrogen-bond acceptors (Lipinski definition) is 5. The molecule has 1 atom stereocenters. The van der Waals surface area contributed by atoms with Gasteiger partial charge in [-0.15, -0.1) is 0 Å². The summed E-state index contributed by atoms with van der Waals surface area (Å²) in [5, 5.41) is 6.44. The van der Waals surface area contributed by atoms with Crippen LogP contribution in [0.1, 0.15) is 32.2 Å². The first kappa shape index (κ1) is 22.6. The molecule has 0 amide bonds. The molecule has 7 nitrogen and oxygen atoms in total. The molecule has 3 aromatic heterocycles. The van der Waals surface area contributed by atoms with E-state index in [9.17, 15) is 4.39 Å². The lowest BCUT2D eigenvalue weighted by atomic mass is 9.88. The van der Waals surface area contributed by atoms with E-state index in [1.165, 1.54) is 23.5 Å². The Morgan fingerprint density at radius 3 is 2.89 bits per heavy atom. The van der Waals surface area contributed by atoms with Crippen LogP contribution in [0.5, 0.6) is 5.75 Å². The van der Waals surface area contributed by atoms with E-state index in [4.69, 9.17) is 15.6 Å². The van der Waals surface area contributed by atoms with Gasteiger partial charge >= 0.3 is 0 Å². The minimum absolute atomic E-state index is 0.108. The Morgan fingerprint density at radius 2 is 2.11 bits per heavy atom. The lowest BCUT2D eigenvalue weighted by Crippen LogP contribution is -2.16. The number of nitrogens with one attached hydrogen (secondary N) is 1. The minimum Gasteiger partial charge on any atom is -0.486 e. The number of H-pyrrole nitrogens is 1. The number of aromatic amines is 1. The van der Waals surface area contributed by atoms with E-state index in [0.717, 1.165) is 24.6 Å². The van der Waals surface area contributed by atoms with Gasteiger partial charge in [-0.1, -0.05) is 37.5 Å². The number of nitrogens with zero attached hydrogens (tertiary/aromatic N) is 4. The molecule has 0 bridgehead atoms.